The molecule has 0 spiro atoms. The molecule has 4 nitrogen and oxygen atoms in total. The maximum Gasteiger partial charge on any atom is 0.209 e. The van der Waals surface area contributed by atoms with E-state index < -0.39 is 0 Å². The van der Waals surface area contributed by atoms with Crippen LogP contribution in [0.2, 0.25) is 5.02 Å². The number of nitrogens with one attached hydrogen (secondary N) is 1. The first-order chi connectivity index (χ1) is 10.0. The SMILES string of the molecule is CCNCC(=O)c1cc(C(=O)c2ccc(Cl)cc2)n(C)c1. The number of halogens is 1. The van der Waals surface area contributed by atoms with Gasteiger partial charge in [0.1, 0.15) is 0 Å². The Hall–Kier alpha value is -1.91. The summed E-state index contributed by atoms with van der Waals surface area (Å²) in [6.07, 6.45) is 1.68. The fourth-order valence-electron chi connectivity index (χ4n) is 2.03. The minimum Gasteiger partial charge on any atom is -0.347 e. The number of likely N-dealkylation sites (N-methyl/N-ethyl adjacent to an activating group) is 1. The van der Waals surface area contributed by atoms with Gasteiger partial charge in [-0.1, -0.05) is 18.5 Å². The molecule has 1 heterocycles. The van der Waals surface area contributed by atoms with Crippen LogP contribution in [-0.4, -0.2) is 29.2 Å². The van der Waals surface area contributed by atoms with Gasteiger partial charge >= 0.3 is 0 Å². The second-order valence-electron chi connectivity index (χ2n) is 4.76. The molecular formula is C16H17ClN2O2. The number of hydrogen-bond acceptors (Lipinski definition) is 3. The van der Waals surface area contributed by atoms with Gasteiger partial charge in [0.2, 0.25) is 5.78 Å². The minimum absolute atomic E-state index is 0.0254. The normalized spacial score (nSPS) is 10.6. The molecule has 0 aliphatic heterocycles. The van der Waals surface area contributed by atoms with Crippen LogP contribution in [0.4, 0.5) is 0 Å². The largest absolute Gasteiger partial charge is 0.347 e. The molecule has 0 amide bonds. The topological polar surface area (TPSA) is 51.1 Å². The van der Waals surface area contributed by atoms with E-state index in [1.165, 1.54) is 0 Å². The first-order valence-corrected chi connectivity index (χ1v) is 7.11. The Kier molecular flexibility index (Phi) is 4.94. The molecule has 1 aromatic heterocycles. The Bertz CT molecular complexity index is 659. The van der Waals surface area contributed by atoms with E-state index in [9.17, 15) is 9.59 Å². The highest BCUT2D eigenvalue weighted by Crippen LogP contribution is 2.16. The number of ketones is 2. The van der Waals surface area contributed by atoms with Crippen molar-refractivity contribution in [2.75, 3.05) is 13.1 Å². The van der Waals surface area contributed by atoms with E-state index in [1.807, 2.05) is 6.92 Å². The predicted octanol–water partition coefficient (Wildman–Crippen LogP) is 2.70. The summed E-state index contributed by atoms with van der Waals surface area (Å²) < 4.78 is 1.68. The summed E-state index contributed by atoms with van der Waals surface area (Å²) in [5.74, 6) is -0.153. The van der Waals surface area contributed by atoms with Crippen LogP contribution in [0.3, 0.4) is 0 Å². The van der Waals surface area contributed by atoms with Crippen molar-refractivity contribution in [3.63, 3.8) is 0 Å². The lowest BCUT2D eigenvalue weighted by Crippen LogP contribution is -2.22. The number of rotatable bonds is 6. The highest BCUT2D eigenvalue weighted by molar-refractivity contribution is 6.30. The molecular weight excluding hydrogens is 288 g/mol. The first-order valence-electron chi connectivity index (χ1n) is 6.73. The number of benzene rings is 1. The van der Waals surface area contributed by atoms with E-state index in [0.29, 0.717) is 21.8 Å². The molecule has 0 aliphatic rings. The average Bonchev–Trinajstić information content (AvgIpc) is 2.87. The lowest BCUT2D eigenvalue weighted by atomic mass is 10.1. The molecule has 0 unspecified atom stereocenters. The van der Waals surface area contributed by atoms with E-state index in [4.69, 9.17) is 11.6 Å². The number of aryl methyl sites for hydroxylation is 1. The van der Waals surface area contributed by atoms with Gasteiger partial charge in [0, 0.05) is 29.4 Å². The molecule has 21 heavy (non-hydrogen) atoms. The molecule has 0 bridgehead atoms. The summed E-state index contributed by atoms with van der Waals surface area (Å²) in [5, 5.41) is 3.57. The van der Waals surface area contributed by atoms with Crippen LogP contribution in [-0.2, 0) is 7.05 Å². The molecule has 0 saturated heterocycles. The number of Topliss-reactive ketones (excluding diaryl/α,β-unsaturated/α-hetero) is 1. The van der Waals surface area contributed by atoms with Crippen molar-refractivity contribution in [2.24, 2.45) is 7.05 Å². The fourth-order valence-corrected chi connectivity index (χ4v) is 2.16. The van der Waals surface area contributed by atoms with Crippen molar-refractivity contribution in [3.05, 3.63) is 58.4 Å². The van der Waals surface area contributed by atoms with Gasteiger partial charge < -0.3 is 9.88 Å². The Morgan fingerprint density at radius 3 is 2.48 bits per heavy atom. The van der Waals surface area contributed by atoms with Crippen LogP contribution < -0.4 is 5.32 Å². The number of nitrogens with zero attached hydrogens (tertiary/aromatic N) is 1. The van der Waals surface area contributed by atoms with Crippen LogP contribution >= 0.6 is 11.6 Å². The maximum absolute atomic E-state index is 12.4. The zero-order chi connectivity index (χ0) is 15.4. The van der Waals surface area contributed by atoms with Crippen LogP contribution in [0.25, 0.3) is 0 Å². The highest BCUT2D eigenvalue weighted by Gasteiger charge is 2.16. The molecule has 0 aliphatic carbocycles. The first kappa shape index (κ1) is 15.5. The van der Waals surface area contributed by atoms with Crippen LogP contribution in [0.15, 0.2) is 36.5 Å². The summed E-state index contributed by atoms with van der Waals surface area (Å²) in [4.78, 5) is 24.4. The third-order valence-corrected chi connectivity index (χ3v) is 3.45. The molecule has 1 aromatic carbocycles. The third kappa shape index (κ3) is 3.60. The van der Waals surface area contributed by atoms with Crippen molar-refractivity contribution >= 4 is 23.2 Å². The Labute approximate surface area is 128 Å². The molecule has 110 valence electrons. The minimum atomic E-state index is -0.128. The Balaban J connectivity index is 2.24. The van der Waals surface area contributed by atoms with Gasteiger partial charge in [-0.25, -0.2) is 0 Å². The molecule has 0 radical (unpaired) electrons. The van der Waals surface area contributed by atoms with Crippen LogP contribution in [0, 0.1) is 0 Å². The summed E-state index contributed by atoms with van der Waals surface area (Å²) >= 11 is 5.82. The monoisotopic (exact) mass is 304 g/mol. The lowest BCUT2D eigenvalue weighted by Gasteiger charge is -2.02. The van der Waals surface area contributed by atoms with Crippen molar-refractivity contribution in [3.8, 4) is 0 Å². The highest BCUT2D eigenvalue weighted by atomic mass is 35.5. The second kappa shape index (κ2) is 6.70. The van der Waals surface area contributed by atoms with Gasteiger partial charge in [0.25, 0.3) is 0 Å². The van der Waals surface area contributed by atoms with Crippen molar-refractivity contribution in [1.82, 2.24) is 9.88 Å². The molecule has 0 atom stereocenters. The van der Waals surface area contributed by atoms with Gasteiger partial charge in [-0.05, 0) is 36.9 Å². The molecule has 2 aromatic rings. The lowest BCUT2D eigenvalue weighted by molar-refractivity contribution is 0.0991. The zero-order valence-corrected chi connectivity index (χ0v) is 12.8. The summed E-state index contributed by atoms with van der Waals surface area (Å²) in [6, 6.07) is 8.34. The van der Waals surface area contributed by atoms with E-state index >= 15 is 0 Å². The summed E-state index contributed by atoms with van der Waals surface area (Å²) in [5.41, 5.74) is 1.57. The number of hydrogen-bond donors (Lipinski definition) is 1. The summed E-state index contributed by atoms with van der Waals surface area (Å²) in [7, 11) is 1.76. The fraction of sp³-hybridized carbons (Fsp3) is 0.250. The van der Waals surface area contributed by atoms with Crippen molar-refractivity contribution < 1.29 is 9.59 Å². The quantitative estimate of drug-likeness (QED) is 0.835. The molecule has 2 rings (SSSR count). The van der Waals surface area contributed by atoms with E-state index in [1.54, 1.807) is 48.1 Å². The van der Waals surface area contributed by atoms with Crippen LogP contribution in [0.1, 0.15) is 33.3 Å². The van der Waals surface area contributed by atoms with Gasteiger partial charge in [-0.3, -0.25) is 9.59 Å². The number of carbonyl (C=O) groups is 2. The van der Waals surface area contributed by atoms with Gasteiger partial charge in [-0.15, -0.1) is 0 Å². The molecule has 5 heteroatoms. The smallest absolute Gasteiger partial charge is 0.209 e. The average molecular weight is 305 g/mol. The van der Waals surface area contributed by atoms with Gasteiger partial charge in [0.15, 0.2) is 5.78 Å². The third-order valence-electron chi connectivity index (χ3n) is 3.20. The summed E-state index contributed by atoms with van der Waals surface area (Å²) in [6.45, 7) is 2.94. The van der Waals surface area contributed by atoms with Crippen LogP contribution in [0.5, 0.6) is 0 Å². The molecule has 0 saturated carbocycles. The standard InChI is InChI=1S/C16H17ClN2O2/c1-3-18-9-15(20)12-8-14(19(2)10-12)16(21)11-4-6-13(17)7-5-11/h4-8,10,18H,3,9H2,1-2H3. The van der Waals surface area contributed by atoms with Gasteiger partial charge in [0.05, 0.1) is 12.2 Å². The predicted molar refractivity (Wildman–Crippen MR) is 83.2 cm³/mol. The maximum atomic E-state index is 12.4. The Morgan fingerprint density at radius 1 is 1.19 bits per heavy atom. The van der Waals surface area contributed by atoms with Crippen molar-refractivity contribution in [1.29, 1.82) is 0 Å². The van der Waals surface area contributed by atoms with Crippen molar-refractivity contribution in [2.45, 2.75) is 6.92 Å². The Morgan fingerprint density at radius 2 is 1.86 bits per heavy atom. The zero-order valence-electron chi connectivity index (χ0n) is 12.0. The molecule has 1 N–H and O–H groups in total. The molecule has 0 fully saturated rings. The van der Waals surface area contributed by atoms with E-state index in [0.717, 1.165) is 6.54 Å². The second-order valence-corrected chi connectivity index (χ2v) is 5.20. The van der Waals surface area contributed by atoms with E-state index in [2.05, 4.69) is 5.32 Å². The van der Waals surface area contributed by atoms with Gasteiger partial charge in [-0.2, -0.15) is 0 Å². The number of carbonyl (C=O) groups excluding carboxylic acids is 2. The number of aromatic nitrogens is 1. The van der Waals surface area contributed by atoms with E-state index in [-0.39, 0.29) is 18.1 Å².